The molecule has 1 aliphatic carbocycles. The highest BCUT2D eigenvalue weighted by molar-refractivity contribution is 7.10. The van der Waals surface area contributed by atoms with Gasteiger partial charge in [-0.05, 0) is 50.0 Å². The van der Waals surface area contributed by atoms with E-state index in [4.69, 9.17) is 0 Å². The van der Waals surface area contributed by atoms with E-state index in [-0.39, 0.29) is 30.8 Å². The van der Waals surface area contributed by atoms with Gasteiger partial charge in [-0.15, -0.1) is 23.7 Å². The monoisotopic (exact) mass is 433 g/mol. The fourth-order valence-electron chi connectivity index (χ4n) is 4.40. The average Bonchev–Trinajstić information content (AvgIpc) is 3.10. The number of aliphatic hydroxyl groups is 1. The Morgan fingerprint density at radius 3 is 2.57 bits per heavy atom. The lowest BCUT2D eigenvalue weighted by Crippen LogP contribution is -2.48. The number of hydrogen-bond acceptors (Lipinski definition) is 3. The molecular formula is C21H27ClF3NOS. The number of nitrogens with zero attached hydrogens (tertiary/aromatic N) is 1. The molecule has 1 aromatic heterocycles. The maximum Gasteiger partial charge on any atom is 0.416 e. The van der Waals surface area contributed by atoms with Gasteiger partial charge < -0.3 is 10.0 Å². The Morgan fingerprint density at radius 1 is 1.21 bits per heavy atom. The van der Waals surface area contributed by atoms with Gasteiger partial charge in [0.05, 0.1) is 11.2 Å². The minimum absolute atomic E-state index is 0. The van der Waals surface area contributed by atoms with E-state index >= 15 is 0 Å². The van der Waals surface area contributed by atoms with Crippen LogP contribution in [0.5, 0.6) is 0 Å². The molecular weight excluding hydrogens is 407 g/mol. The standard InChI is InChI=1S/C21H26F3NOS.ClH/c1-25(2)19(18-10-6-12-27-18)17-9-3-4-11-20(17,26)14-15-7-5-8-16(13-15)21(22,23)24;/h5-8,10,12-13,17,19,26H,3-4,9,11,14H2,1-2H3;1H. The SMILES string of the molecule is CN(C)C(c1cccs1)C1CCCCC1(O)Cc1cccc(C(F)(F)F)c1.Cl. The van der Waals surface area contributed by atoms with Gasteiger partial charge in [-0.1, -0.05) is 37.1 Å². The van der Waals surface area contributed by atoms with E-state index in [1.165, 1.54) is 17.0 Å². The van der Waals surface area contributed by atoms with Crippen LogP contribution in [0.3, 0.4) is 0 Å². The summed E-state index contributed by atoms with van der Waals surface area (Å²) in [5, 5.41) is 13.6. The molecule has 1 saturated carbocycles. The third-order valence-electron chi connectivity index (χ3n) is 5.60. The molecule has 1 N–H and O–H groups in total. The lowest BCUT2D eigenvalue weighted by molar-refractivity contribution is -0.137. The van der Waals surface area contributed by atoms with Gasteiger partial charge in [0.15, 0.2) is 0 Å². The number of hydrogen-bond donors (Lipinski definition) is 1. The predicted octanol–water partition coefficient (Wildman–Crippen LogP) is 5.96. The Labute approximate surface area is 174 Å². The minimum Gasteiger partial charge on any atom is -0.389 e. The molecule has 28 heavy (non-hydrogen) atoms. The average molecular weight is 434 g/mol. The smallest absolute Gasteiger partial charge is 0.389 e. The molecule has 0 spiro atoms. The second kappa shape index (κ2) is 9.16. The van der Waals surface area contributed by atoms with Crippen molar-refractivity contribution in [1.82, 2.24) is 4.90 Å². The lowest BCUT2D eigenvalue weighted by Gasteiger charge is -2.46. The summed E-state index contributed by atoms with van der Waals surface area (Å²) in [6.07, 6.45) is -0.702. The Kier molecular flexibility index (Phi) is 7.59. The van der Waals surface area contributed by atoms with Crippen LogP contribution in [-0.2, 0) is 12.6 Å². The van der Waals surface area contributed by atoms with Gasteiger partial charge in [0.2, 0.25) is 0 Å². The van der Waals surface area contributed by atoms with Crippen LogP contribution in [0.15, 0.2) is 41.8 Å². The van der Waals surface area contributed by atoms with Crippen molar-refractivity contribution < 1.29 is 18.3 Å². The Balaban J connectivity index is 0.00000280. The molecule has 2 nitrogen and oxygen atoms in total. The van der Waals surface area contributed by atoms with Crippen molar-refractivity contribution in [3.05, 3.63) is 57.8 Å². The number of halogens is 4. The van der Waals surface area contributed by atoms with Gasteiger partial charge >= 0.3 is 6.18 Å². The molecule has 3 rings (SSSR count). The quantitative estimate of drug-likeness (QED) is 0.629. The van der Waals surface area contributed by atoms with E-state index in [0.29, 0.717) is 12.0 Å². The summed E-state index contributed by atoms with van der Waals surface area (Å²) >= 11 is 1.66. The van der Waals surface area contributed by atoms with E-state index in [1.807, 2.05) is 25.5 Å². The number of thiophene rings is 1. The normalized spacial score (nSPS) is 24.0. The summed E-state index contributed by atoms with van der Waals surface area (Å²) in [7, 11) is 4.01. The Hall–Kier alpha value is -1.08. The highest BCUT2D eigenvalue weighted by atomic mass is 35.5. The first kappa shape index (κ1) is 23.2. The fraction of sp³-hybridized carbons (Fsp3) is 0.524. The first-order valence-electron chi connectivity index (χ1n) is 9.29. The Morgan fingerprint density at radius 2 is 1.96 bits per heavy atom. The highest BCUT2D eigenvalue weighted by Crippen LogP contribution is 2.46. The van der Waals surface area contributed by atoms with Gasteiger partial charge in [-0.3, -0.25) is 0 Å². The van der Waals surface area contributed by atoms with E-state index in [0.717, 1.165) is 25.3 Å². The molecule has 0 radical (unpaired) electrons. The van der Waals surface area contributed by atoms with Crippen molar-refractivity contribution in [2.45, 2.75) is 49.9 Å². The third-order valence-corrected chi connectivity index (χ3v) is 6.54. The lowest BCUT2D eigenvalue weighted by atomic mass is 9.68. The zero-order valence-corrected chi connectivity index (χ0v) is 17.7. The van der Waals surface area contributed by atoms with Gasteiger partial charge in [0, 0.05) is 23.3 Å². The highest BCUT2D eigenvalue weighted by Gasteiger charge is 2.45. The minimum atomic E-state index is -4.37. The van der Waals surface area contributed by atoms with Crippen molar-refractivity contribution in [2.24, 2.45) is 5.92 Å². The molecule has 0 amide bonds. The van der Waals surface area contributed by atoms with Crippen LogP contribution in [0.1, 0.15) is 47.7 Å². The number of rotatable bonds is 5. The molecule has 0 saturated heterocycles. The molecule has 156 valence electrons. The third kappa shape index (κ3) is 5.09. The van der Waals surface area contributed by atoms with E-state index in [1.54, 1.807) is 17.4 Å². The van der Waals surface area contributed by atoms with Crippen LogP contribution >= 0.6 is 23.7 Å². The van der Waals surface area contributed by atoms with Crippen LogP contribution in [-0.4, -0.2) is 29.7 Å². The van der Waals surface area contributed by atoms with E-state index in [2.05, 4.69) is 11.0 Å². The maximum atomic E-state index is 13.1. The van der Waals surface area contributed by atoms with E-state index in [9.17, 15) is 18.3 Å². The summed E-state index contributed by atoms with van der Waals surface area (Å²) in [6, 6.07) is 9.52. The zero-order chi connectivity index (χ0) is 19.7. The first-order valence-corrected chi connectivity index (χ1v) is 10.2. The second-order valence-corrected chi connectivity index (χ2v) is 8.73. The number of benzene rings is 1. The molecule has 1 aliphatic rings. The van der Waals surface area contributed by atoms with Crippen LogP contribution in [0.2, 0.25) is 0 Å². The van der Waals surface area contributed by atoms with Crippen molar-refractivity contribution in [3.63, 3.8) is 0 Å². The fourth-order valence-corrected chi connectivity index (χ4v) is 5.39. The summed E-state index contributed by atoms with van der Waals surface area (Å²) in [4.78, 5) is 3.31. The molecule has 7 heteroatoms. The molecule has 1 aromatic carbocycles. The number of alkyl halides is 3. The summed E-state index contributed by atoms with van der Waals surface area (Å²) < 4.78 is 39.2. The molecule has 1 fully saturated rings. The summed E-state index contributed by atoms with van der Waals surface area (Å²) in [5.74, 6) is -0.0190. The van der Waals surface area contributed by atoms with Crippen molar-refractivity contribution in [2.75, 3.05) is 14.1 Å². The molecule has 3 unspecified atom stereocenters. The molecule has 0 bridgehead atoms. The first-order chi connectivity index (χ1) is 12.7. The van der Waals surface area contributed by atoms with Crippen LogP contribution < -0.4 is 0 Å². The van der Waals surface area contributed by atoms with Crippen molar-refractivity contribution >= 4 is 23.7 Å². The molecule has 3 atom stereocenters. The predicted molar refractivity (Wildman–Crippen MR) is 110 cm³/mol. The molecule has 2 aromatic rings. The van der Waals surface area contributed by atoms with Gasteiger partial charge in [0.25, 0.3) is 0 Å². The van der Waals surface area contributed by atoms with Crippen molar-refractivity contribution in [1.29, 1.82) is 0 Å². The summed E-state index contributed by atoms with van der Waals surface area (Å²) in [6.45, 7) is 0. The molecule has 1 heterocycles. The van der Waals surface area contributed by atoms with Crippen LogP contribution in [0, 0.1) is 5.92 Å². The second-order valence-electron chi connectivity index (χ2n) is 7.75. The largest absolute Gasteiger partial charge is 0.416 e. The zero-order valence-electron chi connectivity index (χ0n) is 16.1. The van der Waals surface area contributed by atoms with Crippen LogP contribution in [0.25, 0.3) is 0 Å². The van der Waals surface area contributed by atoms with E-state index < -0.39 is 17.3 Å². The Bertz CT molecular complexity index is 750. The van der Waals surface area contributed by atoms with Crippen molar-refractivity contribution in [3.8, 4) is 0 Å². The van der Waals surface area contributed by atoms with Gasteiger partial charge in [0.1, 0.15) is 0 Å². The van der Waals surface area contributed by atoms with Gasteiger partial charge in [-0.25, -0.2) is 0 Å². The maximum absolute atomic E-state index is 13.1. The van der Waals surface area contributed by atoms with Gasteiger partial charge in [-0.2, -0.15) is 13.2 Å². The molecule has 0 aliphatic heterocycles. The summed E-state index contributed by atoms with van der Waals surface area (Å²) in [5.41, 5.74) is -1.12. The van der Waals surface area contributed by atoms with Crippen LogP contribution in [0.4, 0.5) is 13.2 Å². The topological polar surface area (TPSA) is 23.5 Å².